The lowest BCUT2D eigenvalue weighted by Crippen LogP contribution is -2.25. The van der Waals surface area contributed by atoms with Gasteiger partial charge < -0.3 is 15.2 Å². The first-order valence-corrected chi connectivity index (χ1v) is 7.86. The van der Waals surface area contributed by atoms with Crippen molar-refractivity contribution in [3.8, 4) is 0 Å². The molecule has 0 bridgehead atoms. The van der Waals surface area contributed by atoms with Crippen LogP contribution in [0.5, 0.6) is 0 Å². The molecule has 1 aliphatic rings. The number of amides is 1. The van der Waals surface area contributed by atoms with Crippen LogP contribution in [0, 0.1) is 0 Å². The molecular weight excluding hydrogens is 290 g/mol. The van der Waals surface area contributed by atoms with Crippen LogP contribution in [-0.4, -0.2) is 27.2 Å². The fourth-order valence-corrected chi connectivity index (χ4v) is 3.24. The molecular formula is C17H19N5O. The van der Waals surface area contributed by atoms with E-state index in [-0.39, 0.29) is 5.91 Å². The summed E-state index contributed by atoms with van der Waals surface area (Å²) in [5.74, 6) is 0.710. The highest BCUT2D eigenvalue weighted by Crippen LogP contribution is 2.23. The van der Waals surface area contributed by atoms with Gasteiger partial charge in [-0.3, -0.25) is 9.89 Å². The molecule has 0 fully saturated rings. The van der Waals surface area contributed by atoms with Gasteiger partial charge in [-0.05, 0) is 24.5 Å². The Bertz CT molecular complexity index is 876. The molecule has 3 N–H and O–H groups in total. The Morgan fingerprint density at radius 3 is 3.17 bits per heavy atom. The standard InChI is InChI=1S/C17H19N5O/c1-22-10-11(12-5-2-3-7-14(12)22)9-19-17(23)15-13-6-4-8-18-16(13)21-20-15/h2-3,5,7,10H,4,6,8-9H2,1H3,(H,19,23)(H2,18,20,21). The molecule has 0 aliphatic carbocycles. The second kappa shape index (κ2) is 5.46. The van der Waals surface area contributed by atoms with Crippen LogP contribution in [0.25, 0.3) is 10.9 Å². The fraction of sp³-hybridized carbons (Fsp3) is 0.294. The van der Waals surface area contributed by atoms with Crippen LogP contribution in [0.15, 0.2) is 30.5 Å². The molecule has 0 atom stereocenters. The van der Waals surface area contributed by atoms with Crippen molar-refractivity contribution in [3.05, 3.63) is 47.3 Å². The van der Waals surface area contributed by atoms with Crippen molar-refractivity contribution in [1.82, 2.24) is 20.1 Å². The third-order valence-corrected chi connectivity index (χ3v) is 4.41. The Morgan fingerprint density at radius 2 is 2.26 bits per heavy atom. The number of para-hydroxylation sites is 1. The van der Waals surface area contributed by atoms with Gasteiger partial charge in [0, 0.05) is 42.8 Å². The van der Waals surface area contributed by atoms with Crippen LogP contribution < -0.4 is 10.6 Å². The number of hydrogen-bond acceptors (Lipinski definition) is 3. The monoisotopic (exact) mass is 309 g/mol. The third kappa shape index (κ3) is 2.36. The molecule has 118 valence electrons. The van der Waals surface area contributed by atoms with E-state index < -0.39 is 0 Å². The largest absolute Gasteiger partial charge is 0.368 e. The normalized spacial score (nSPS) is 13.6. The van der Waals surface area contributed by atoms with E-state index in [1.54, 1.807) is 0 Å². The molecule has 1 aromatic carbocycles. The molecule has 0 unspecified atom stereocenters. The summed E-state index contributed by atoms with van der Waals surface area (Å²) in [4.78, 5) is 12.5. The highest BCUT2D eigenvalue weighted by molar-refractivity contribution is 5.95. The Hall–Kier alpha value is -2.76. The molecule has 1 amide bonds. The minimum atomic E-state index is -0.101. The van der Waals surface area contributed by atoms with Crippen molar-refractivity contribution in [1.29, 1.82) is 0 Å². The molecule has 6 nitrogen and oxygen atoms in total. The van der Waals surface area contributed by atoms with Gasteiger partial charge in [0.15, 0.2) is 5.82 Å². The van der Waals surface area contributed by atoms with Crippen molar-refractivity contribution < 1.29 is 4.79 Å². The second-order valence-electron chi connectivity index (χ2n) is 5.92. The first-order chi connectivity index (χ1) is 11.2. The van der Waals surface area contributed by atoms with E-state index in [0.29, 0.717) is 12.2 Å². The summed E-state index contributed by atoms with van der Waals surface area (Å²) in [7, 11) is 2.02. The molecule has 0 spiro atoms. The minimum absolute atomic E-state index is 0.101. The average molecular weight is 309 g/mol. The highest BCUT2D eigenvalue weighted by atomic mass is 16.1. The summed E-state index contributed by atoms with van der Waals surface area (Å²) >= 11 is 0. The first kappa shape index (κ1) is 13.9. The summed E-state index contributed by atoms with van der Waals surface area (Å²) in [6, 6.07) is 8.20. The van der Waals surface area contributed by atoms with Crippen molar-refractivity contribution in [2.45, 2.75) is 19.4 Å². The van der Waals surface area contributed by atoms with Gasteiger partial charge in [-0.1, -0.05) is 18.2 Å². The summed E-state index contributed by atoms with van der Waals surface area (Å²) in [5, 5.41) is 14.4. The van der Waals surface area contributed by atoms with Crippen LogP contribution in [0.2, 0.25) is 0 Å². The third-order valence-electron chi connectivity index (χ3n) is 4.41. The van der Waals surface area contributed by atoms with Gasteiger partial charge in [-0.15, -0.1) is 0 Å². The lowest BCUT2D eigenvalue weighted by atomic mass is 10.1. The Kier molecular flexibility index (Phi) is 3.29. The number of aryl methyl sites for hydroxylation is 1. The number of carbonyl (C=O) groups is 1. The number of aromatic amines is 1. The van der Waals surface area contributed by atoms with Crippen molar-refractivity contribution in [2.75, 3.05) is 11.9 Å². The SMILES string of the molecule is Cn1cc(CNC(=O)c2[nH]nc3c2CCCN3)c2ccccc21. The summed E-state index contributed by atoms with van der Waals surface area (Å²) < 4.78 is 2.08. The second-order valence-corrected chi connectivity index (χ2v) is 5.92. The van der Waals surface area contributed by atoms with Gasteiger partial charge in [-0.25, -0.2) is 0 Å². The van der Waals surface area contributed by atoms with E-state index in [9.17, 15) is 4.79 Å². The van der Waals surface area contributed by atoms with Crippen LogP contribution in [-0.2, 0) is 20.0 Å². The molecule has 23 heavy (non-hydrogen) atoms. The van der Waals surface area contributed by atoms with Crippen LogP contribution in [0.3, 0.4) is 0 Å². The molecule has 2 aromatic heterocycles. The number of aromatic nitrogens is 3. The maximum atomic E-state index is 12.5. The Labute approximate surface area is 133 Å². The number of benzene rings is 1. The quantitative estimate of drug-likeness (QED) is 0.694. The molecule has 1 aliphatic heterocycles. The summed E-state index contributed by atoms with van der Waals surface area (Å²) in [5.41, 5.74) is 3.85. The van der Waals surface area contributed by atoms with Gasteiger partial charge >= 0.3 is 0 Å². The lowest BCUT2D eigenvalue weighted by molar-refractivity contribution is 0.0945. The van der Waals surface area contributed by atoms with E-state index in [2.05, 4.69) is 43.7 Å². The van der Waals surface area contributed by atoms with Gasteiger partial charge in [0.1, 0.15) is 5.69 Å². The van der Waals surface area contributed by atoms with E-state index in [4.69, 9.17) is 0 Å². The number of anilines is 1. The van der Waals surface area contributed by atoms with Crippen molar-refractivity contribution in [2.24, 2.45) is 7.05 Å². The molecule has 0 radical (unpaired) electrons. The number of rotatable bonds is 3. The molecule has 0 saturated carbocycles. The molecule has 4 rings (SSSR count). The Morgan fingerprint density at radius 1 is 1.39 bits per heavy atom. The lowest BCUT2D eigenvalue weighted by Gasteiger charge is -2.12. The van der Waals surface area contributed by atoms with Crippen LogP contribution in [0.4, 0.5) is 5.82 Å². The van der Waals surface area contributed by atoms with E-state index >= 15 is 0 Å². The van der Waals surface area contributed by atoms with Crippen molar-refractivity contribution >= 4 is 22.6 Å². The van der Waals surface area contributed by atoms with E-state index in [1.165, 1.54) is 10.9 Å². The van der Waals surface area contributed by atoms with Gasteiger partial charge in [0.25, 0.3) is 5.91 Å². The minimum Gasteiger partial charge on any atom is -0.368 e. The smallest absolute Gasteiger partial charge is 0.269 e. The predicted octanol–water partition coefficient (Wildman–Crippen LogP) is 2.19. The Balaban J connectivity index is 1.54. The van der Waals surface area contributed by atoms with E-state index in [0.717, 1.165) is 36.3 Å². The van der Waals surface area contributed by atoms with Gasteiger partial charge in [0.05, 0.1) is 0 Å². The maximum Gasteiger partial charge on any atom is 0.269 e. The van der Waals surface area contributed by atoms with Crippen molar-refractivity contribution in [3.63, 3.8) is 0 Å². The maximum absolute atomic E-state index is 12.5. The number of hydrogen-bond donors (Lipinski definition) is 3. The van der Waals surface area contributed by atoms with Gasteiger partial charge in [-0.2, -0.15) is 5.10 Å². The number of carbonyl (C=O) groups excluding carboxylic acids is 1. The van der Waals surface area contributed by atoms with Gasteiger partial charge in [0.2, 0.25) is 0 Å². The fourth-order valence-electron chi connectivity index (χ4n) is 3.24. The number of nitrogens with zero attached hydrogens (tertiary/aromatic N) is 2. The topological polar surface area (TPSA) is 74.7 Å². The molecule has 3 heterocycles. The molecule has 3 aromatic rings. The molecule has 6 heteroatoms. The number of nitrogens with one attached hydrogen (secondary N) is 3. The molecule has 0 saturated heterocycles. The predicted molar refractivity (Wildman–Crippen MR) is 89.5 cm³/mol. The first-order valence-electron chi connectivity index (χ1n) is 7.86. The summed E-state index contributed by atoms with van der Waals surface area (Å²) in [6.45, 7) is 1.41. The zero-order chi connectivity index (χ0) is 15.8. The average Bonchev–Trinajstić information content (AvgIpc) is 3.15. The van der Waals surface area contributed by atoms with Crippen LogP contribution >= 0.6 is 0 Å². The zero-order valence-corrected chi connectivity index (χ0v) is 13.0. The zero-order valence-electron chi connectivity index (χ0n) is 13.0. The highest BCUT2D eigenvalue weighted by Gasteiger charge is 2.21. The summed E-state index contributed by atoms with van der Waals surface area (Å²) in [6.07, 6.45) is 3.97. The van der Waals surface area contributed by atoms with E-state index in [1.807, 2.05) is 19.2 Å². The number of H-pyrrole nitrogens is 1. The van der Waals surface area contributed by atoms with Crippen LogP contribution in [0.1, 0.15) is 28.0 Å². The number of fused-ring (bicyclic) bond motifs is 2.